The molecule has 124 valence electrons. The zero-order valence-corrected chi connectivity index (χ0v) is 14.0. The molecule has 2 aromatic rings. The lowest BCUT2D eigenvalue weighted by Crippen LogP contribution is -2.48. The van der Waals surface area contributed by atoms with Gasteiger partial charge in [-0.25, -0.2) is 4.98 Å². The first kappa shape index (κ1) is 14.9. The maximum atomic E-state index is 5.81. The van der Waals surface area contributed by atoms with Gasteiger partial charge in [-0.15, -0.1) is 0 Å². The number of aryl methyl sites for hydroxylation is 1. The Bertz CT molecular complexity index is 692. The van der Waals surface area contributed by atoms with Crippen LogP contribution in [0.3, 0.4) is 0 Å². The van der Waals surface area contributed by atoms with Crippen LogP contribution in [0.15, 0.2) is 12.3 Å². The van der Waals surface area contributed by atoms with Crippen LogP contribution in [-0.4, -0.2) is 57.9 Å². The second-order valence-corrected chi connectivity index (χ2v) is 6.72. The van der Waals surface area contributed by atoms with Gasteiger partial charge < -0.3 is 10.1 Å². The number of nitrogens with one attached hydrogen (secondary N) is 1. The monoisotopic (exact) mass is 315 g/mol. The topological polar surface area (TPSA) is 54.7 Å². The number of hydrogen-bond acceptors (Lipinski definition) is 5. The molecule has 1 N–H and O–H groups in total. The van der Waals surface area contributed by atoms with Gasteiger partial charge in [-0.3, -0.25) is 4.90 Å². The Morgan fingerprint density at radius 2 is 2.00 bits per heavy atom. The van der Waals surface area contributed by atoms with Crippen LogP contribution in [0.2, 0.25) is 0 Å². The molecule has 0 bridgehead atoms. The largest absolute Gasteiger partial charge is 0.378 e. The summed E-state index contributed by atoms with van der Waals surface area (Å²) in [6, 6.07) is 2.71. The van der Waals surface area contributed by atoms with E-state index >= 15 is 0 Å². The number of fused-ring (bicyclic) bond motifs is 1. The van der Waals surface area contributed by atoms with E-state index in [1.54, 1.807) is 6.20 Å². The second kappa shape index (κ2) is 6.09. The molecule has 2 aliphatic heterocycles. The number of anilines is 1. The third-order valence-corrected chi connectivity index (χ3v) is 5.25. The van der Waals surface area contributed by atoms with Crippen molar-refractivity contribution in [2.45, 2.75) is 45.2 Å². The van der Waals surface area contributed by atoms with E-state index in [4.69, 9.17) is 4.74 Å². The van der Waals surface area contributed by atoms with Crippen molar-refractivity contribution in [1.29, 1.82) is 0 Å². The molecule has 2 saturated heterocycles. The molecule has 0 spiro atoms. The highest BCUT2D eigenvalue weighted by Crippen LogP contribution is 2.25. The molecule has 4 rings (SSSR count). The summed E-state index contributed by atoms with van der Waals surface area (Å²) < 4.78 is 7.72. The molecular formula is C17H25N5O. The normalized spacial score (nSPS) is 26.0. The minimum Gasteiger partial charge on any atom is -0.378 e. The van der Waals surface area contributed by atoms with Crippen LogP contribution in [0.5, 0.6) is 0 Å². The van der Waals surface area contributed by atoms with Gasteiger partial charge in [0.05, 0.1) is 31.5 Å². The average Bonchev–Trinajstić information content (AvgIpc) is 3.21. The summed E-state index contributed by atoms with van der Waals surface area (Å²) in [7, 11) is 0. The van der Waals surface area contributed by atoms with Gasteiger partial charge in [0.2, 0.25) is 0 Å². The van der Waals surface area contributed by atoms with Crippen molar-refractivity contribution in [2.24, 2.45) is 0 Å². The second-order valence-electron chi connectivity index (χ2n) is 6.72. The van der Waals surface area contributed by atoms with Crippen molar-refractivity contribution in [3.8, 4) is 0 Å². The van der Waals surface area contributed by atoms with Crippen LogP contribution in [0.25, 0.3) is 5.65 Å². The lowest BCUT2D eigenvalue weighted by molar-refractivity contribution is 0.127. The summed E-state index contributed by atoms with van der Waals surface area (Å²) >= 11 is 0. The Hall–Kier alpha value is -1.66. The molecule has 0 amide bonds. The van der Waals surface area contributed by atoms with Crippen LogP contribution >= 0.6 is 0 Å². The molecule has 2 aromatic heterocycles. The molecule has 2 aliphatic rings. The van der Waals surface area contributed by atoms with Crippen molar-refractivity contribution < 1.29 is 4.74 Å². The van der Waals surface area contributed by atoms with Crippen molar-refractivity contribution in [3.63, 3.8) is 0 Å². The Labute approximate surface area is 136 Å². The first-order valence-corrected chi connectivity index (χ1v) is 8.63. The van der Waals surface area contributed by atoms with Gasteiger partial charge in [0.1, 0.15) is 5.82 Å². The van der Waals surface area contributed by atoms with Gasteiger partial charge >= 0.3 is 0 Å². The molecule has 2 atom stereocenters. The Morgan fingerprint density at radius 3 is 2.83 bits per heavy atom. The molecule has 0 aromatic carbocycles. The smallest absolute Gasteiger partial charge is 0.157 e. The molecule has 4 heterocycles. The van der Waals surface area contributed by atoms with E-state index in [-0.39, 0.29) is 0 Å². The van der Waals surface area contributed by atoms with Crippen LogP contribution in [-0.2, 0) is 4.74 Å². The van der Waals surface area contributed by atoms with Gasteiger partial charge in [-0.1, -0.05) is 6.42 Å². The third kappa shape index (κ3) is 2.70. The zero-order valence-electron chi connectivity index (χ0n) is 14.0. The minimum atomic E-state index is 0.306. The maximum Gasteiger partial charge on any atom is 0.157 e. The van der Waals surface area contributed by atoms with Gasteiger partial charge in [-0.2, -0.15) is 9.61 Å². The highest BCUT2D eigenvalue weighted by atomic mass is 16.5. The molecule has 0 aliphatic carbocycles. The van der Waals surface area contributed by atoms with Crippen LogP contribution < -0.4 is 5.32 Å². The van der Waals surface area contributed by atoms with Gasteiger partial charge in [0, 0.05) is 17.3 Å². The number of ether oxygens (including phenoxy) is 1. The van der Waals surface area contributed by atoms with E-state index in [9.17, 15) is 0 Å². The first-order chi connectivity index (χ1) is 11.2. The van der Waals surface area contributed by atoms with Gasteiger partial charge in [0.25, 0.3) is 0 Å². The lowest BCUT2D eigenvalue weighted by atomic mass is 10.0. The van der Waals surface area contributed by atoms with E-state index in [1.807, 2.05) is 10.6 Å². The number of aromatic nitrogens is 3. The van der Waals surface area contributed by atoms with E-state index in [2.05, 4.69) is 34.1 Å². The third-order valence-electron chi connectivity index (χ3n) is 5.25. The van der Waals surface area contributed by atoms with Crippen LogP contribution in [0.1, 0.15) is 30.5 Å². The summed E-state index contributed by atoms with van der Waals surface area (Å²) in [6.45, 7) is 8.13. The van der Waals surface area contributed by atoms with Crippen LogP contribution in [0.4, 0.5) is 5.82 Å². The van der Waals surface area contributed by atoms with Gasteiger partial charge in [-0.05, 0) is 39.8 Å². The lowest BCUT2D eigenvalue weighted by Gasteiger charge is -2.35. The molecule has 0 saturated carbocycles. The Morgan fingerprint density at radius 1 is 1.17 bits per heavy atom. The highest BCUT2D eigenvalue weighted by molar-refractivity contribution is 5.55. The summed E-state index contributed by atoms with van der Waals surface area (Å²) in [6.07, 6.45) is 5.78. The van der Waals surface area contributed by atoms with Gasteiger partial charge in [0.15, 0.2) is 5.65 Å². The molecular weight excluding hydrogens is 290 g/mol. The molecule has 6 nitrogen and oxygen atoms in total. The SMILES string of the molecule is Cc1nc2ccnn2c(N[C@H]2COC[C@@H]2N2CCCCC2)c1C. The van der Waals surface area contributed by atoms with Crippen LogP contribution in [0, 0.1) is 13.8 Å². The quantitative estimate of drug-likeness (QED) is 0.939. The fraction of sp³-hybridized carbons (Fsp3) is 0.647. The van der Waals surface area contributed by atoms with E-state index in [1.165, 1.54) is 32.4 Å². The summed E-state index contributed by atoms with van der Waals surface area (Å²) in [5.41, 5.74) is 3.10. The van der Waals surface area contributed by atoms with E-state index < -0.39 is 0 Å². The first-order valence-electron chi connectivity index (χ1n) is 8.63. The van der Waals surface area contributed by atoms with E-state index in [0.29, 0.717) is 12.1 Å². The summed E-state index contributed by atoms with van der Waals surface area (Å²) in [5.74, 6) is 1.05. The number of likely N-dealkylation sites (tertiary alicyclic amines) is 1. The van der Waals surface area contributed by atoms with Crippen molar-refractivity contribution in [2.75, 3.05) is 31.6 Å². The molecule has 2 fully saturated rings. The number of nitrogens with zero attached hydrogens (tertiary/aromatic N) is 4. The summed E-state index contributed by atoms with van der Waals surface area (Å²) in [5, 5.41) is 8.16. The van der Waals surface area contributed by atoms with E-state index in [0.717, 1.165) is 35.9 Å². The zero-order chi connectivity index (χ0) is 15.8. The van der Waals surface area contributed by atoms with Crippen molar-refractivity contribution >= 4 is 11.5 Å². The van der Waals surface area contributed by atoms with Crippen molar-refractivity contribution in [1.82, 2.24) is 19.5 Å². The number of piperidine rings is 1. The highest BCUT2D eigenvalue weighted by Gasteiger charge is 2.34. The average molecular weight is 315 g/mol. The fourth-order valence-electron chi connectivity index (χ4n) is 3.77. The molecule has 23 heavy (non-hydrogen) atoms. The Balaban J connectivity index is 1.62. The molecule has 6 heteroatoms. The predicted molar refractivity (Wildman–Crippen MR) is 89.9 cm³/mol. The predicted octanol–water partition coefficient (Wildman–Crippen LogP) is 2.01. The minimum absolute atomic E-state index is 0.306. The molecule has 0 unspecified atom stereocenters. The fourth-order valence-corrected chi connectivity index (χ4v) is 3.77. The Kier molecular flexibility index (Phi) is 3.95. The number of rotatable bonds is 3. The number of hydrogen-bond donors (Lipinski definition) is 1. The standard InChI is InChI=1S/C17H25N5O/c1-12-13(2)19-16-6-7-18-22(16)17(12)20-14-10-23-11-15(14)21-8-4-3-5-9-21/h6-7,14-15,20H,3-5,8-11H2,1-2H3/t14-,15-/m0/s1. The molecule has 0 radical (unpaired) electrons. The van der Waals surface area contributed by atoms with Crippen molar-refractivity contribution in [3.05, 3.63) is 23.5 Å². The summed E-state index contributed by atoms with van der Waals surface area (Å²) in [4.78, 5) is 7.19. The maximum absolute atomic E-state index is 5.81.